The van der Waals surface area contributed by atoms with Gasteiger partial charge in [-0.2, -0.15) is 0 Å². The van der Waals surface area contributed by atoms with Crippen LogP contribution >= 0.6 is 0 Å². The van der Waals surface area contributed by atoms with Gasteiger partial charge in [-0.25, -0.2) is 0 Å². The van der Waals surface area contributed by atoms with Crippen molar-refractivity contribution < 1.29 is 9.66 Å². The highest BCUT2D eigenvalue weighted by atomic mass is 16.6. The zero-order valence-corrected chi connectivity index (χ0v) is 11.2. The topological polar surface area (TPSA) is 64.4 Å². The van der Waals surface area contributed by atoms with Crippen molar-refractivity contribution in [2.75, 3.05) is 19.0 Å². The first-order valence-corrected chi connectivity index (χ1v) is 6.30. The van der Waals surface area contributed by atoms with Crippen LogP contribution in [0.25, 0.3) is 0 Å². The van der Waals surface area contributed by atoms with Crippen molar-refractivity contribution in [1.82, 2.24) is 0 Å². The van der Waals surface area contributed by atoms with Gasteiger partial charge < -0.3 is 10.1 Å². The van der Waals surface area contributed by atoms with E-state index < -0.39 is 0 Å². The van der Waals surface area contributed by atoms with E-state index in [-0.39, 0.29) is 10.6 Å². The van der Waals surface area contributed by atoms with Gasteiger partial charge in [-0.15, -0.1) is 0 Å². The third-order valence-electron chi connectivity index (χ3n) is 2.98. The first-order chi connectivity index (χ1) is 9.69. The average molecular weight is 272 g/mol. The molecule has 0 fully saturated rings. The third-order valence-corrected chi connectivity index (χ3v) is 2.98. The molecule has 0 saturated carbocycles. The summed E-state index contributed by atoms with van der Waals surface area (Å²) in [4.78, 5) is 10.2. The highest BCUT2D eigenvalue weighted by Gasteiger charge is 2.03. The van der Waals surface area contributed by atoms with Crippen LogP contribution in [0.5, 0.6) is 5.75 Å². The summed E-state index contributed by atoms with van der Waals surface area (Å²) in [5, 5.41) is 13.8. The maximum Gasteiger partial charge on any atom is 0.269 e. The molecule has 5 heteroatoms. The Hall–Kier alpha value is -2.56. The van der Waals surface area contributed by atoms with Crippen LogP contribution in [0, 0.1) is 10.1 Å². The van der Waals surface area contributed by atoms with Crippen LogP contribution in [0.1, 0.15) is 5.56 Å². The Balaban J connectivity index is 1.84. The van der Waals surface area contributed by atoms with Gasteiger partial charge in [0.15, 0.2) is 0 Å². The molecule has 0 amide bonds. The molecule has 0 aromatic heterocycles. The van der Waals surface area contributed by atoms with E-state index >= 15 is 0 Å². The lowest BCUT2D eigenvalue weighted by Gasteiger charge is -2.07. The molecule has 2 rings (SSSR count). The summed E-state index contributed by atoms with van der Waals surface area (Å²) in [6, 6.07) is 14.3. The molecule has 20 heavy (non-hydrogen) atoms. The van der Waals surface area contributed by atoms with Gasteiger partial charge in [0.1, 0.15) is 5.75 Å². The number of hydrogen-bond donors (Lipinski definition) is 1. The summed E-state index contributed by atoms with van der Waals surface area (Å²) >= 11 is 0. The fraction of sp³-hybridized carbons (Fsp3) is 0.200. The molecule has 0 heterocycles. The molecule has 0 radical (unpaired) electrons. The molecule has 0 spiro atoms. The summed E-state index contributed by atoms with van der Waals surface area (Å²) in [7, 11) is 1.64. The number of hydrogen-bond acceptors (Lipinski definition) is 4. The number of rotatable bonds is 6. The molecule has 104 valence electrons. The Morgan fingerprint density at radius 3 is 2.30 bits per heavy atom. The monoisotopic (exact) mass is 272 g/mol. The molecule has 5 nitrogen and oxygen atoms in total. The number of nitro benzene ring substituents is 1. The zero-order chi connectivity index (χ0) is 14.4. The second kappa shape index (κ2) is 6.56. The Morgan fingerprint density at radius 1 is 1.10 bits per heavy atom. The number of ether oxygens (including phenoxy) is 1. The van der Waals surface area contributed by atoms with E-state index in [1.807, 2.05) is 24.3 Å². The zero-order valence-electron chi connectivity index (χ0n) is 11.2. The molecular weight excluding hydrogens is 256 g/mol. The lowest BCUT2D eigenvalue weighted by Crippen LogP contribution is -2.04. The summed E-state index contributed by atoms with van der Waals surface area (Å²) in [5.41, 5.74) is 2.21. The second-order valence-electron chi connectivity index (χ2n) is 4.33. The van der Waals surface area contributed by atoms with Crippen molar-refractivity contribution in [3.8, 4) is 5.75 Å². The summed E-state index contributed by atoms with van der Waals surface area (Å²) in [6.07, 6.45) is 0.810. The van der Waals surface area contributed by atoms with Crippen LogP contribution in [-0.2, 0) is 6.42 Å². The minimum atomic E-state index is -0.389. The standard InChI is InChI=1S/C15H16N2O3/c1-20-15-8-4-13(5-9-15)16-11-10-12-2-6-14(7-3-12)17(18)19/h2-9,16H,10-11H2,1H3. The van der Waals surface area contributed by atoms with Gasteiger partial charge in [-0.05, 0) is 36.2 Å². The predicted octanol–water partition coefficient (Wildman–Crippen LogP) is 3.26. The maximum atomic E-state index is 10.5. The molecule has 0 aliphatic rings. The number of benzene rings is 2. The fourth-order valence-electron chi connectivity index (χ4n) is 1.84. The van der Waals surface area contributed by atoms with Gasteiger partial charge >= 0.3 is 0 Å². The van der Waals surface area contributed by atoms with E-state index in [1.165, 1.54) is 12.1 Å². The molecule has 0 atom stereocenters. The highest BCUT2D eigenvalue weighted by molar-refractivity contribution is 5.46. The molecular formula is C15H16N2O3. The van der Waals surface area contributed by atoms with E-state index in [9.17, 15) is 10.1 Å². The number of non-ortho nitro benzene ring substituents is 1. The molecule has 0 unspecified atom stereocenters. The van der Waals surface area contributed by atoms with Crippen LogP contribution in [-0.4, -0.2) is 18.6 Å². The summed E-state index contributed by atoms with van der Waals surface area (Å²) in [5.74, 6) is 0.825. The molecule has 0 saturated heterocycles. The molecule has 2 aromatic carbocycles. The third kappa shape index (κ3) is 3.71. The van der Waals surface area contributed by atoms with Crippen LogP contribution in [0.4, 0.5) is 11.4 Å². The maximum absolute atomic E-state index is 10.5. The number of nitro groups is 1. The molecule has 0 aliphatic heterocycles. The van der Waals surface area contributed by atoms with Gasteiger partial charge in [-0.1, -0.05) is 12.1 Å². The van der Waals surface area contributed by atoms with Gasteiger partial charge in [0.2, 0.25) is 0 Å². The van der Waals surface area contributed by atoms with Crippen LogP contribution in [0.15, 0.2) is 48.5 Å². The lowest BCUT2D eigenvalue weighted by molar-refractivity contribution is -0.384. The van der Waals surface area contributed by atoms with Crippen molar-refractivity contribution in [1.29, 1.82) is 0 Å². The number of nitrogens with one attached hydrogen (secondary N) is 1. The lowest BCUT2D eigenvalue weighted by atomic mass is 10.1. The van der Waals surface area contributed by atoms with Crippen molar-refractivity contribution in [2.24, 2.45) is 0 Å². The highest BCUT2D eigenvalue weighted by Crippen LogP contribution is 2.15. The van der Waals surface area contributed by atoms with Gasteiger partial charge in [-0.3, -0.25) is 10.1 Å². The van der Waals surface area contributed by atoms with Gasteiger partial charge in [0, 0.05) is 24.4 Å². The summed E-state index contributed by atoms with van der Waals surface area (Å²) in [6.45, 7) is 0.768. The SMILES string of the molecule is COc1ccc(NCCc2ccc([N+](=O)[O-])cc2)cc1. The molecule has 0 aliphatic carbocycles. The van der Waals surface area contributed by atoms with E-state index in [1.54, 1.807) is 19.2 Å². The Labute approximate surface area is 117 Å². The largest absolute Gasteiger partial charge is 0.497 e. The van der Waals surface area contributed by atoms with Crippen LogP contribution < -0.4 is 10.1 Å². The number of nitrogens with zero attached hydrogens (tertiary/aromatic N) is 1. The van der Waals surface area contributed by atoms with E-state index in [4.69, 9.17) is 4.74 Å². The minimum Gasteiger partial charge on any atom is -0.497 e. The molecule has 0 bridgehead atoms. The predicted molar refractivity (Wildman–Crippen MR) is 78.3 cm³/mol. The molecule has 2 aromatic rings. The van der Waals surface area contributed by atoms with E-state index in [0.29, 0.717) is 0 Å². The van der Waals surface area contributed by atoms with E-state index in [0.717, 1.165) is 30.0 Å². The van der Waals surface area contributed by atoms with Crippen molar-refractivity contribution in [3.05, 3.63) is 64.2 Å². The van der Waals surface area contributed by atoms with Crippen LogP contribution in [0.2, 0.25) is 0 Å². The Morgan fingerprint density at radius 2 is 1.75 bits per heavy atom. The normalized spacial score (nSPS) is 10.1. The fourth-order valence-corrected chi connectivity index (χ4v) is 1.84. The van der Waals surface area contributed by atoms with Crippen molar-refractivity contribution >= 4 is 11.4 Å². The number of anilines is 1. The van der Waals surface area contributed by atoms with Crippen molar-refractivity contribution in [3.63, 3.8) is 0 Å². The number of methoxy groups -OCH3 is 1. The quantitative estimate of drug-likeness (QED) is 0.647. The first kappa shape index (κ1) is 13.9. The van der Waals surface area contributed by atoms with Gasteiger partial charge in [0.25, 0.3) is 5.69 Å². The second-order valence-corrected chi connectivity index (χ2v) is 4.33. The summed E-state index contributed by atoms with van der Waals surface area (Å²) < 4.78 is 5.09. The Kier molecular flexibility index (Phi) is 4.55. The average Bonchev–Trinajstić information content (AvgIpc) is 2.48. The van der Waals surface area contributed by atoms with Gasteiger partial charge in [0.05, 0.1) is 12.0 Å². The first-order valence-electron chi connectivity index (χ1n) is 6.30. The minimum absolute atomic E-state index is 0.122. The molecule has 1 N–H and O–H groups in total. The van der Waals surface area contributed by atoms with Crippen molar-refractivity contribution in [2.45, 2.75) is 6.42 Å². The van der Waals surface area contributed by atoms with Crippen LogP contribution in [0.3, 0.4) is 0 Å². The Bertz CT molecular complexity index is 565. The van der Waals surface area contributed by atoms with E-state index in [2.05, 4.69) is 5.32 Å². The smallest absolute Gasteiger partial charge is 0.269 e.